The van der Waals surface area contributed by atoms with Crippen molar-refractivity contribution >= 4 is 33.2 Å². The third-order valence-corrected chi connectivity index (χ3v) is 4.94. The lowest BCUT2D eigenvalue weighted by Crippen LogP contribution is -2.10. The summed E-state index contributed by atoms with van der Waals surface area (Å²) in [6.07, 6.45) is 0.768. The number of aryl methyl sites for hydroxylation is 1. The zero-order valence-corrected chi connectivity index (χ0v) is 15.9. The normalized spacial score (nSPS) is 10.6. The van der Waals surface area contributed by atoms with Gasteiger partial charge in [0.1, 0.15) is 5.75 Å². The van der Waals surface area contributed by atoms with Gasteiger partial charge in [0.15, 0.2) is 6.61 Å². The number of rotatable bonds is 6. The third-order valence-electron chi connectivity index (χ3n) is 3.60. The van der Waals surface area contributed by atoms with Crippen LogP contribution in [-0.4, -0.2) is 22.7 Å². The molecule has 1 N–H and O–H groups in total. The minimum absolute atomic E-state index is 0.380. The largest absolute Gasteiger partial charge is 0.481 e. The first-order chi connectivity index (χ1) is 12.0. The summed E-state index contributed by atoms with van der Waals surface area (Å²) in [7, 11) is 0. The molecule has 2 aromatic carbocycles. The number of aromatic nitrogens is 1. The van der Waals surface area contributed by atoms with Gasteiger partial charge in [0, 0.05) is 21.8 Å². The standard InChI is InChI=1S/C19H16BrNO3S/c1-12-2-4-13(5-3-12)8-18-21-16(11-25-18)15-9-14(20)6-7-17(15)24-10-19(22)23/h2-7,9,11H,8,10H2,1H3,(H,22,23). The maximum atomic E-state index is 10.8. The zero-order valence-electron chi connectivity index (χ0n) is 13.5. The summed E-state index contributed by atoms with van der Waals surface area (Å²) in [6, 6.07) is 13.9. The number of hydrogen-bond donors (Lipinski definition) is 1. The maximum absolute atomic E-state index is 10.8. The van der Waals surface area contributed by atoms with E-state index in [9.17, 15) is 4.79 Å². The lowest BCUT2D eigenvalue weighted by molar-refractivity contribution is -0.139. The van der Waals surface area contributed by atoms with Gasteiger partial charge in [-0.3, -0.25) is 0 Å². The van der Waals surface area contributed by atoms with Gasteiger partial charge >= 0.3 is 5.97 Å². The van der Waals surface area contributed by atoms with Crippen LogP contribution in [0.2, 0.25) is 0 Å². The third kappa shape index (κ3) is 4.67. The number of thiazole rings is 1. The van der Waals surface area contributed by atoms with Crippen LogP contribution in [0.5, 0.6) is 5.75 Å². The molecule has 0 saturated carbocycles. The minimum Gasteiger partial charge on any atom is -0.481 e. The van der Waals surface area contributed by atoms with Crippen LogP contribution < -0.4 is 4.74 Å². The smallest absolute Gasteiger partial charge is 0.341 e. The lowest BCUT2D eigenvalue weighted by Gasteiger charge is -2.09. The lowest BCUT2D eigenvalue weighted by atomic mass is 10.1. The first-order valence-electron chi connectivity index (χ1n) is 7.66. The molecule has 0 unspecified atom stereocenters. The highest BCUT2D eigenvalue weighted by atomic mass is 79.9. The molecule has 128 valence electrons. The van der Waals surface area contributed by atoms with E-state index in [2.05, 4.69) is 47.1 Å². The van der Waals surface area contributed by atoms with E-state index in [-0.39, 0.29) is 6.61 Å². The Hall–Kier alpha value is -2.18. The molecule has 1 aromatic heterocycles. The average molecular weight is 418 g/mol. The van der Waals surface area contributed by atoms with E-state index in [0.29, 0.717) is 5.75 Å². The SMILES string of the molecule is Cc1ccc(Cc2nc(-c3cc(Br)ccc3OCC(=O)O)cs2)cc1. The van der Waals surface area contributed by atoms with Crippen molar-refractivity contribution in [3.63, 3.8) is 0 Å². The zero-order chi connectivity index (χ0) is 17.8. The molecule has 1 heterocycles. The second kappa shape index (κ2) is 7.80. The molecular formula is C19H16BrNO3S. The maximum Gasteiger partial charge on any atom is 0.341 e. The first kappa shape index (κ1) is 17.6. The van der Waals surface area contributed by atoms with Crippen LogP contribution in [0, 0.1) is 6.92 Å². The molecule has 0 amide bonds. The van der Waals surface area contributed by atoms with Crippen LogP contribution in [0.3, 0.4) is 0 Å². The highest BCUT2D eigenvalue weighted by Gasteiger charge is 2.13. The molecule has 0 aliphatic rings. The van der Waals surface area contributed by atoms with Crippen LogP contribution >= 0.6 is 27.3 Å². The van der Waals surface area contributed by atoms with E-state index in [1.54, 1.807) is 17.4 Å². The van der Waals surface area contributed by atoms with E-state index >= 15 is 0 Å². The van der Waals surface area contributed by atoms with Gasteiger partial charge < -0.3 is 9.84 Å². The second-order valence-electron chi connectivity index (χ2n) is 5.61. The number of ether oxygens (including phenoxy) is 1. The number of carboxylic acids is 1. The Morgan fingerprint density at radius 3 is 2.72 bits per heavy atom. The Balaban J connectivity index is 1.84. The molecule has 0 atom stereocenters. The molecule has 0 radical (unpaired) electrons. The predicted molar refractivity (Wildman–Crippen MR) is 102 cm³/mol. The van der Waals surface area contributed by atoms with E-state index in [0.717, 1.165) is 27.2 Å². The molecule has 0 aliphatic carbocycles. The topological polar surface area (TPSA) is 59.4 Å². The Labute approximate surface area is 158 Å². The van der Waals surface area contributed by atoms with Crippen molar-refractivity contribution in [2.24, 2.45) is 0 Å². The molecule has 3 rings (SSSR count). The van der Waals surface area contributed by atoms with Crippen molar-refractivity contribution in [2.45, 2.75) is 13.3 Å². The van der Waals surface area contributed by atoms with Crippen molar-refractivity contribution in [1.82, 2.24) is 4.98 Å². The Morgan fingerprint density at radius 1 is 1.24 bits per heavy atom. The summed E-state index contributed by atoms with van der Waals surface area (Å²) in [6.45, 7) is 1.69. The van der Waals surface area contributed by atoms with E-state index in [4.69, 9.17) is 14.8 Å². The number of benzene rings is 2. The van der Waals surface area contributed by atoms with Crippen LogP contribution in [0.4, 0.5) is 0 Å². The molecule has 25 heavy (non-hydrogen) atoms. The van der Waals surface area contributed by atoms with Gasteiger partial charge in [0.05, 0.1) is 10.7 Å². The van der Waals surface area contributed by atoms with Crippen molar-refractivity contribution in [1.29, 1.82) is 0 Å². The van der Waals surface area contributed by atoms with Gasteiger partial charge in [0.2, 0.25) is 0 Å². The summed E-state index contributed by atoms with van der Waals surface area (Å²) >= 11 is 5.03. The predicted octanol–water partition coefficient (Wildman–Crippen LogP) is 4.94. The van der Waals surface area contributed by atoms with Crippen molar-refractivity contribution in [3.05, 3.63) is 68.5 Å². The monoisotopic (exact) mass is 417 g/mol. The van der Waals surface area contributed by atoms with Crippen molar-refractivity contribution in [3.8, 4) is 17.0 Å². The molecule has 0 bridgehead atoms. The fraction of sp³-hybridized carbons (Fsp3) is 0.158. The van der Waals surface area contributed by atoms with Crippen molar-refractivity contribution in [2.75, 3.05) is 6.61 Å². The quantitative estimate of drug-likeness (QED) is 0.617. The number of halogens is 1. The molecule has 0 saturated heterocycles. The second-order valence-corrected chi connectivity index (χ2v) is 7.47. The Kier molecular flexibility index (Phi) is 5.50. The number of carbonyl (C=O) groups is 1. The molecule has 0 fully saturated rings. The summed E-state index contributed by atoms with van der Waals surface area (Å²) in [4.78, 5) is 15.5. The molecule has 4 nitrogen and oxygen atoms in total. The van der Waals surface area contributed by atoms with Gasteiger partial charge in [-0.1, -0.05) is 45.8 Å². The first-order valence-corrected chi connectivity index (χ1v) is 9.33. The summed E-state index contributed by atoms with van der Waals surface area (Å²) in [5.41, 5.74) is 4.01. The molecule has 3 aromatic rings. The number of carboxylic acid groups (broad SMARTS) is 1. The average Bonchev–Trinajstić information content (AvgIpc) is 3.04. The number of nitrogens with zero attached hydrogens (tertiary/aromatic N) is 1. The Morgan fingerprint density at radius 2 is 2.00 bits per heavy atom. The van der Waals surface area contributed by atoms with Gasteiger partial charge in [-0.15, -0.1) is 11.3 Å². The fourth-order valence-corrected chi connectivity index (χ4v) is 3.55. The molecule has 0 spiro atoms. The summed E-state index contributed by atoms with van der Waals surface area (Å²) < 4.78 is 6.28. The highest BCUT2D eigenvalue weighted by molar-refractivity contribution is 9.10. The van der Waals surface area contributed by atoms with Crippen LogP contribution in [-0.2, 0) is 11.2 Å². The molecule has 0 aliphatic heterocycles. The van der Waals surface area contributed by atoms with Gasteiger partial charge in [-0.25, -0.2) is 9.78 Å². The highest BCUT2D eigenvalue weighted by Crippen LogP contribution is 2.34. The van der Waals surface area contributed by atoms with E-state index < -0.39 is 5.97 Å². The van der Waals surface area contributed by atoms with Gasteiger partial charge in [-0.2, -0.15) is 0 Å². The number of aliphatic carboxylic acids is 1. The van der Waals surface area contributed by atoms with Crippen LogP contribution in [0.15, 0.2) is 52.3 Å². The van der Waals surface area contributed by atoms with Crippen LogP contribution in [0.1, 0.15) is 16.1 Å². The van der Waals surface area contributed by atoms with Gasteiger partial charge in [0.25, 0.3) is 0 Å². The fourth-order valence-electron chi connectivity index (χ4n) is 2.36. The minimum atomic E-state index is -1.01. The van der Waals surface area contributed by atoms with E-state index in [1.165, 1.54) is 11.1 Å². The van der Waals surface area contributed by atoms with Crippen LogP contribution in [0.25, 0.3) is 11.3 Å². The summed E-state index contributed by atoms with van der Waals surface area (Å²) in [5.74, 6) is -0.495. The molecular weight excluding hydrogens is 402 g/mol. The summed E-state index contributed by atoms with van der Waals surface area (Å²) in [5, 5.41) is 11.8. The molecule has 6 heteroatoms. The van der Waals surface area contributed by atoms with Crippen molar-refractivity contribution < 1.29 is 14.6 Å². The number of hydrogen-bond acceptors (Lipinski definition) is 4. The van der Waals surface area contributed by atoms with E-state index in [1.807, 2.05) is 17.5 Å². The van der Waals surface area contributed by atoms with Gasteiger partial charge in [-0.05, 0) is 30.7 Å². The Bertz CT molecular complexity index is 890.